The first kappa shape index (κ1) is 23.0. The van der Waals surface area contributed by atoms with E-state index in [9.17, 15) is 9.50 Å². The summed E-state index contributed by atoms with van der Waals surface area (Å²) in [6.45, 7) is 7.07. The molecule has 0 radical (unpaired) electrons. The van der Waals surface area contributed by atoms with Crippen LogP contribution in [0.3, 0.4) is 0 Å². The van der Waals surface area contributed by atoms with Gasteiger partial charge in [0.2, 0.25) is 0 Å². The number of oxazole rings is 1. The molecule has 1 aromatic carbocycles. The Kier molecular flexibility index (Phi) is 6.40. The number of aliphatic hydroxyl groups is 1. The Morgan fingerprint density at radius 3 is 2.50 bits per heavy atom. The Balaban J connectivity index is 1.42. The number of nitrogens with one attached hydrogen (secondary N) is 1. The molecule has 5 rings (SSSR count). The largest absolute Gasteiger partial charge is 0.440 e. The third-order valence-electron chi connectivity index (χ3n) is 6.60. The van der Waals surface area contributed by atoms with Crippen LogP contribution in [-0.2, 0) is 0 Å². The molecule has 2 fully saturated rings. The van der Waals surface area contributed by atoms with E-state index in [2.05, 4.69) is 15.2 Å². The first-order valence-electron chi connectivity index (χ1n) is 12.3. The summed E-state index contributed by atoms with van der Waals surface area (Å²) in [6, 6.07) is 10.4. The number of β-amino-alcohol motifs (C(OH)–C–C–N with tert-alkyl or cyclic N) is 1. The summed E-state index contributed by atoms with van der Waals surface area (Å²) in [7, 11) is 0. The highest BCUT2D eigenvalue weighted by Gasteiger charge is 2.29. The number of hydrogen-bond acceptors (Lipinski definition) is 6. The molecular weight excluding hydrogens is 431 g/mol. The molecule has 34 heavy (non-hydrogen) atoms. The van der Waals surface area contributed by atoms with Gasteiger partial charge in [-0.2, -0.15) is 0 Å². The molecule has 180 valence electrons. The standard InChI is InChI=1S/C27H33FN4O2/c1-27(2,33)17-32-13-10-20(11-14-32)26-31-24(19-5-7-22(28)8-6-19)25(34-26)21-9-12-29-23(15-21)30-16-18-3-4-18/h5-9,12,15,18,20,33H,3-4,10-11,13-14,16-17H2,1-2H3,(H,29,30). The molecule has 2 N–H and O–H groups in total. The number of rotatable bonds is 8. The highest BCUT2D eigenvalue weighted by Crippen LogP contribution is 2.38. The number of hydrogen-bond donors (Lipinski definition) is 2. The van der Waals surface area contributed by atoms with Gasteiger partial charge in [0.15, 0.2) is 11.7 Å². The van der Waals surface area contributed by atoms with Crippen LogP contribution in [0.4, 0.5) is 10.2 Å². The summed E-state index contributed by atoms with van der Waals surface area (Å²) in [5, 5.41) is 13.6. The van der Waals surface area contributed by atoms with Crippen molar-refractivity contribution < 1.29 is 13.9 Å². The summed E-state index contributed by atoms with van der Waals surface area (Å²) in [4.78, 5) is 11.7. The fraction of sp³-hybridized carbons (Fsp3) is 0.481. The van der Waals surface area contributed by atoms with Gasteiger partial charge in [0.1, 0.15) is 17.3 Å². The van der Waals surface area contributed by atoms with E-state index in [1.54, 1.807) is 18.3 Å². The van der Waals surface area contributed by atoms with E-state index in [4.69, 9.17) is 9.40 Å². The number of piperidine rings is 1. The van der Waals surface area contributed by atoms with E-state index in [0.29, 0.717) is 12.3 Å². The van der Waals surface area contributed by atoms with Crippen LogP contribution in [0.1, 0.15) is 51.3 Å². The van der Waals surface area contributed by atoms with Crippen molar-refractivity contribution in [3.05, 3.63) is 54.3 Å². The minimum Gasteiger partial charge on any atom is -0.440 e. The normalized spacial score (nSPS) is 17.8. The van der Waals surface area contributed by atoms with E-state index >= 15 is 0 Å². The van der Waals surface area contributed by atoms with Gasteiger partial charge < -0.3 is 19.7 Å². The lowest BCUT2D eigenvalue weighted by Gasteiger charge is -2.34. The lowest BCUT2D eigenvalue weighted by molar-refractivity contribution is 0.0273. The SMILES string of the molecule is CC(C)(O)CN1CCC(c2nc(-c3ccc(F)cc3)c(-c3ccnc(NCC4CC4)c3)o2)CC1. The van der Waals surface area contributed by atoms with Crippen LogP contribution in [0.5, 0.6) is 0 Å². The van der Waals surface area contributed by atoms with E-state index < -0.39 is 5.60 Å². The quantitative estimate of drug-likeness (QED) is 0.470. The Bertz CT molecular complexity index is 1110. The minimum atomic E-state index is -0.703. The molecule has 0 unspecified atom stereocenters. The molecule has 1 saturated heterocycles. The summed E-state index contributed by atoms with van der Waals surface area (Å²) in [6.07, 6.45) is 6.19. The maximum absolute atomic E-state index is 13.6. The van der Waals surface area contributed by atoms with Crippen molar-refractivity contribution in [2.45, 2.75) is 51.0 Å². The number of halogens is 1. The maximum atomic E-state index is 13.6. The van der Waals surface area contributed by atoms with Crippen molar-refractivity contribution >= 4 is 5.82 Å². The van der Waals surface area contributed by atoms with Gasteiger partial charge >= 0.3 is 0 Å². The number of pyridine rings is 1. The summed E-state index contributed by atoms with van der Waals surface area (Å²) in [5.74, 6) is 2.93. The van der Waals surface area contributed by atoms with Crippen molar-refractivity contribution in [3.63, 3.8) is 0 Å². The molecule has 2 aliphatic rings. The van der Waals surface area contributed by atoms with Crippen LogP contribution in [0.2, 0.25) is 0 Å². The highest BCUT2D eigenvalue weighted by atomic mass is 19.1. The van der Waals surface area contributed by atoms with Crippen molar-refractivity contribution in [2.24, 2.45) is 5.92 Å². The highest BCUT2D eigenvalue weighted by molar-refractivity contribution is 5.77. The molecule has 3 heterocycles. The maximum Gasteiger partial charge on any atom is 0.198 e. The molecule has 6 nitrogen and oxygen atoms in total. The van der Waals surface area contributed by atoms with E-state index in [1.165, 1.54) is 25.0 Å². The van der Waals surface area contributed by atoms with Crippen molar-refractivity contribution in [1.82, 2.24) is 14.9 Å². The van der Waals surface area contributed by atoms with Crippen LogP contribution in [0.25, 0.3) is 22.6 Å². The van der Waals surface area contributed by atoms with Gasteiger partial charge in [-0.3, -0.25) is 0 Å². The van der Waals surface area contributed by atoms with Gasteiger partial charge in [0.05, 0.1) is 5.60 Å². The Morgan fingerprint density at radius 1 is 1.09 bits per heavy atom. The molecule has 3 aromatic rings. The van der Waals surface area contributed by atoms with Crippen molar-refractivity contribution in [3.8, 4) is 22.6 Å². The zero-order valence-electron chi connectivity index (χ0n) is 19.9. The number of likely N-dealkylation sites (tertiary alicyclic amines) is 1. The summed E-state index contributed by atoms with van der Waals surface area (Å²) in [5.41, 5.74) is 1.76. The predicted octanol–water partition coefficient (Wildman–Crippen LogP) is 5.31. The van der Waals surface area contributed by atoms with E-state index in [-0.39, 0.29) is 11.7 Å². The molecule has 0 bridgehead atoms. The first-order chi connectivity index (χ1) is 16.3. The molecule has 0 spiro atoms. The first-order valence-corrected chi connectivity index (χ1v) is 12.3. The smallest absolute Gasteiger partial charge is 0.198 e. The second-order valence-corrected chi connectivity index (χ2v) is 10.4. The van der Waals surface area contributed by atoms with Crippen LogP contribution >= 0.6 is 0 Å². The minimum absolute atomic E-state index is 0.209. The van der Waals surface area contributed by atoms with E-state index in [0.717, 1.165) is 66.9 Å². The number of benzene rings is 1. The lowest BCUT2D eigenvalue weighted by atomic mass is 9.95. The van der Waals surface area contributed by atoms with Crippen molar-refractivity contribution in [2.75, 3.05) is 31.5 Å². The average molecular weight is 465 g/mol. The average Bonchev–Trinajstić information content (AvgIpc) is 3.54. The van der Waals surface area contributed by atoms with Gasteiger partial charge in [0, 0.05) is 36.3 Å². The molecule has 1 saturated carbocycles. The van der Waals surface area contributed by atoms with Gasteiger partial charge in [-0.1, -0.05) is 0 Å². The van der Waals surface area contributed by atoms with Crippen LogP contribution in [-0.4, -0.2) is 51.8 Å². The third-order valence-corrected chi connectivity index (χ3v) is 6.60. The Labute approximate surface area is 200 Å². The molecule has 2 aromatic heterocycles. The zero-order chi connectivity index (χ0) is 23.7. The van der Waals surface area contributed by atoms with Crippen LogP contribution < -0.4 is 5.32 Å². The second-order valence-electron chi connectivity index (χ2n) is 10.4. The van der Waals surface area contributed by atoms with Crippen molar-refractivity contribution in [1.29, 1.82) is 0 Å². The molecule has 0 atom stereocenters. The Morgan fingerprint density at radius 2 is 1.82 bits per heavy atom. The predicted molar refractivity (Wildman–Crippen MR) is 131 cm³/mol. The molecule has 1 aliphatic heterocycles. The summed E-state index contributed by atoms with van der Waals surface area (Å²) < 4.78 is 20.0. The number of anilines is 1. The monoisotopic (exact) mass is 464 g/mol. The third kappa shape index (κ3) is 5.65. The zero-order valence-corrected chi connectivity index (χ0v) is 19.9. The molecule has 7 heteroatoms. The second kappa shape index (κ2) is 9.47. The molecular formula is C27H33FN4O2. The summed E-state index contributed by atoms with van der Waals surface area (Å²) >= 11 is 0. The topological polar surface area (TPSA) is 74.4 Å². The Hall–Kier alpha value is -2.77. The molecule has 0 amide bonds. The molecule has 1 aliphatic carbocycles. The number of nitrogens with zero attached hydrogens (tertiary/aromatic N) is 3. The van der Waals surface area contributed by atoms with Crippen LogP contribution in [0.15, 0.2) is 47.0 Å². The van der Waals surface area contributed by atoms with E-state index in [1.807, 2.05) is 26.0 Å². The van der Waals surface area contributed by atoms with Gasteiger partial charge in [-0.25, -0.2) is 14.4 Å². The van der Waals surface area contributed by atoms with Gasteiger partial charge in [0.25, 0.3) is 0 Å². The van der Waals surface area contributed by atoms with Crippen LogP contribution in [0, 0.1) is 11.7 Å². The fourth-order valence-corrected chi connectivity index (χ4v) is 4.63. The van der Waals surface area contributed by atoms with Gasteiger partial charge in [-0.15, -0.1) is 0 Å². The van der Waals surface area contributed by atoms with Gasteiger partial charge in [-0.05, 0) is 94.9 Å². The lowest BCUT2D eigenvalue weighted by Crippen LogP contribution is -2.42. The number of aromatic nitrogens is 2. The fourth-order valence-electron chi connectivity index (χ4n) is 4.63.